The van der Waals surface area contributed by atoms with Gasteiger partial charge < -0.3 is 4.74 Å². The van der Waals surface area contributed by atoms with Crippen LogP contribution in [0, 0.1) is 0 Å². The summed E-state index contributed by atoms with van der Waals surface area (Å²) in [4.78, 5) is 1.84. The van der Waals surface area contributed by atoms with Crippen LogP contribution in [0.5, 0.6) is 5.75 Å². The Balaban J connectivity index is 2.04. The summed E-state index contributed by atoms with van der Waals surface area (Å²) in [5.74, 6) is 1.55. The van der Waals surface area contributed by atoms with Gasteiger partial charge in [-0.25, -0.2) is 0 Å². The molecule has 2 aromatic heterocycles. The Labute approximate surface area is 156 Å². The van der Waals surface area contributed by atoms with Gasteiger partial charge in [-0.1, -0.05) is 29.5 Å². The van der Waals surface area contributed by atoms with Gasteiger partial charge in [0.25, 0.3) is 0 Å². The van der Waals surface area contributed by atoms with E-state index in [2.05, 4.69) is 23.5 Å². The van der Waals surface area contributed by atoms with Gasteiger partial charge >= 0.3 is 0 Å². The molecule has 0 atom stereocenters. The quantitative estimate of drug-likeness (QED) is 0.474. The number of hydrogen-bond acceptors (Lipinski definition) is 5. The third kappa shape index (κ3) is 2.83. The molecule has 0 unspecified atom stereocenters. The van der Waals surface area contributed by atoms with Crippen molar-refractivity contribution in [2.24, 2.45) is 0 Å². The third-order valence-electron chi connectivity index (χ3n) is 4.34. The molecule has 27 heavy (non-hydrogen) atoms. The second-order valence-corrected chi connectivity index (χ2v) is 6.04. The highest BCUT2D eigenvalue weighted by Gasteiger charge is 2.20. The molecule has 4 aromatic rings. The Bertz CT molecular complexity index is 1120. The molecule has 0 aliphatic heterocycles. The minimum atomic E-state index is 0.608. The van der Waals surface area contributed by atoms with Gasteiger partial charge in [0.2, 0.25) is 0 Å². The summed E-state index contributed by atoms with van der Waals surface area (Å²) in [6, 6.07) is 13.6. The fourth-order valence-electron chi connectivity index (χ4n) is 3.11. The molecule has 7 heteroatoms. The van der Waals surface area contributed by atoms with Crippen molar-refractivity contribution in [3.8, 4) is 11.6 Å². The van der Waals surface area contributed by atoms with Crippen LogP contribution in [0.4, 0.5) is 0 Å². The molecule has 7 nitrogen and oxygen atoms in total. The Morgan fingerprint density at radius 1 is 1.07 bits per heavy atom. The number of aromatic nitrogens is 5. The van der Waals surface area contributed by atoms with E-state index >= 15 is 0 Å². The van der Waals surface area contributed by atoms with Crippen molar-refractivity contribution in [2.45, 2.75) is 0 Å². The number of para-hydroxylation sites is 1. The van der Waals surface area contributed by atoms with Crippen molar-refractivity contribution in [1.82, 2.24) is 24.9 Å². The molecule has 2 aromatic carbocycles. The highest BCUT2D eigenvalue weighted by atomic mass is 16.5. The van der Waals surface area contributed by atoms with Crippen LogP contribution in [-0.2, 0) is 0 Å². The normalized spacial score (nSPS) is 11.0. The molecular weight excluding hydrogens is 340 g/mol. The molecule has 0 radical (unpaired) electrons. The first-order valence-electron chi connectivity index (χ1n) is 8.61. The molecule has 0 aliphatic carbocycles. The molecule has 0 N–H and O–H groups in total. The van der Waals surface area contributed by atoms with Crippen LogP contribution in [0.3, 0.4) is 0 Å². The number of benzene rings is 2. The lowest BCUT2D eigenvalue weighted by molar-refractivity contribution is 0.415. The zero-order valence-corrected chi connectivity index (χ0v) is 15.1. The van der Waals surface area contributed by atoms with E-state index in [1.54, 1.807) is 7.11 Å². The molecule has 136 valence electrons. The predicted octanol–water partition coefficient (Wildman–Crippen LogP) is 3.09. The number of ether oxygens (including phenoxy) is 1. The summed E-state index contributed by atoms with van der Waals surface area (Å²) < 4.78 is 7.23. The van der Waals surface area contributed by atoms with E-state index in [-0.39, 0.29) is 0 Å². The summed E-state index contributed by atoms with van der Waals surface area (Å²) in [5.41, 5.74) is 2.56. The van der Waals surface area contributed by atoms with E-state index < -0.39 is 0 Å². The van der Waals surface area contributed by atoms with Crippen LogP contribution < -0.4 is 9.75 Å². The second kappa shape index (κ2) is 6.95. The summed E-state index contributed by atoms with van der Waals surface area (Å²) in [5, 5.41) is 16.4. The Kier molecular flexibility index (Phi) is 4.33. The van der Waals surface area contributed by atoms with Crippen LogP contribution in [0.15, 0.2) is 67.8 Å². The van der Waals surface area contributed by atoms with E-state index in [1.165, 1.54) is 0 Å². The van der Waals surface area contributed by atoms with Gasteiger partial charge in [-0.3, -0.25) is 5.01 Å². The molecule has 0 amide bonds. The van der Waals surface area contributed by atoms with Crippen LogP contribution in [0.1, 0.15) is 0 Å². The van der Waals surface area contributed by atoms with Crippen LogP contribution in [-0.4, -0.2) is 45.1 Å². The van der Waals surface area contributed by atoms with Crippen molar-refractivity contribution in [1.29, 1.82) is 0 Å². The first kappa shape index (κ1) is 16.8. The molecule has 0 saturated carbocycles. The zero-order valence-electron chi connectivity index (χ0n) is 15.1. The summed E-state index contributed by atoms with van der Waals surface area (Å²) in [7, 11) is 1.65. The third-order valence-corrected chi connectivity index (χ3v) is 4.34. The molecule has 0 spiro atoms. The number of nitrogens with zero attached hydrogens (tertiary/aromatic N) is 6. The van der Waals surface area contributed by atoms with Crippen molar-refractivity contribution < 1.29 is 4.74 Å². The molecule has 4 rings (SSSR count). The number of rotatable bonds is 7. The first-order chi connectivity index (χ1) is 13.3. The molecule has 0 aliphatic rings. The van der Waals surface area contributed by atoms with Gasteiger partial charge in [0, 0.05) is 0 Å². The summed E-state index contributed by atoms with van der Waals surface area (Å²) in [6.45, 7) is 8.94. The summed E-state index contributed by atoms with van der Waals surface area (Å²) in [6.07, 6.45) is 3.67. The molecule has 0 saturated heterocycles. The smallest absolute Gasteiger partial charge is 0.185 e. The van der Waals surface area contributed by atoms with Crippen LogP contribution in [0.2, 0.25) is 0 Å². The number of fused-ring (bicyclic) bond motifs is 2. The first-order valence-corrected chi connectivity index (χ1v) is 8.61. The van der Waals surface area contributed by atoms with E-state index in [0.29, 0.717) is 13.1 Å². The highest BCUT2D eigenvalue weighted by Crippen LogP contribution is 2.28. The lowest BCUT2D eigenvalue weighted by Crippen LogP contribution is -2.37. The molecular formula is C20H20N6O. The lowest BCUT2D eigenvalue weighted by Gasteiger charge is -2.23. The fraction of sp³-hybridized carbons (Fsp3) is 0.150. The van der Waals surface area contributed by atoms with Crippen molar-refractivity contribution in [2.75, 3.05) is 25.2 Å². The van der Waals surface area contributed by atoms with Gasteiger partial charge in [-0.05, 0) is 30.3 Å². The second-order valence-electron chi connectivity index (χ2n) is 6.04. The standard InChI is InChI=1S/C20H20N6O/c1-4-12-24(13-5-2)26-20(16-14-15(27-3)10-11-17(16)22-26)25-19-9-7-6-8-18(19)21-23-25/h4-11,14H,1-2,12-13H2,3H3. The average molecular weight is 360 g/mol. The monoisotopic (exact) mass is 360 g/mol. The van der Waals surface area contributed by atoms with Gasteiger partial charge in [0.1, 0.15) is 11.3 Å². The fourth-order valence-corrected chi connectivity index (χ4v) is 3.11. The Hall–Kier alpha value is -3.61. The molecule has 2 heterocycles. The maximum Gasteiger partial charge on any atom is 0.185 e. The maximum absolute atomic E-state index is 5.42. The van der Waals surface area contributed by atoms with Crippen molar-refractivity contribution in [3.63, 3.8) is 0 Å². The number of methoxy groups -OCH3 is 1. The Morgan fingerprint density at radius 2 is 1.85 bits per heavy atom. The summed E-state index contributed by atoms with van der Waals surface area (Å²) >= 11 is 0. The average Bonchev–Trinajstić information content (AvgIpc) is 3.28. The highest BCUT2D eigenvalue weighted by molar-refractivity contribution is 5.89. The van der Waals surface area contributed by atoms with Crippen LogP contribution in [0.25, 0.3) is 27.8 Å². The van der Waals surface area contributed by atoms with Crippen LogP contribution >= 0.6 is 0 Å². The SMILES string of the molecule is C=CCN(CC=C)n1nc2ccc(OC)cc2c1-n1nnc2ccccc21. The molecule has 0 fully saturated rings. The van der Waals surface area contributed by atoms with Crippen molar-refractivity contribution in [3.05, 3.63) is 67.8 Å². The van der Waals surface area contributed by atoms with Gasteiger partial charge in [0.15, 0.2) is 5.82 Å². The van der Waals surface area contributed by atoms with Crippen molar-refractivity contribution >= 4 is 21.9 Å². The van der Waals surface area contributed by atoms with E-state index in [1.807, 2.05) is 69.1 Å². The predicted molar refractivity (Wildman–Crippen MR) is 107 cm³/mol. The van der Waals surface area contributed by atoms with Gasteiger partial charge in [0.05, 0.1) is 36.6 Å². The Morgan fingerprint density at radius 3 is 2.59 bits per heavy atom. The minimum absolute atomic E-state index is 0.608. The number of hydrogen-bond donors (Lipinski definition) is 0. The van der Waals surface area contributed by atoms with E-state index in [4.69, 9.17) is 9.84 Å². The zero-order chi connectivity index (χ0) is 18.8. The largest absolute Gasteiger partial charge is 0.497 e. The van der Waals surface area contributed by atoms with Gasteiger partial charge in [-0.15, -0.1) is 18.3 Å². The molecule has 0 bridgehead atoms. The maximum atomic E-state index is 5.42. The lowest BCUT2D eigenvalue weighted by atomic mass is 10.2. The van der Waals surface area contributed by atoms with E-state index in [0.717, 1.165) is 33.5 Å². The van der Waals surface area contributed by atoms with Gasteiger partial charge in [-0.2, -0.15) is 14.6 Å². The van der Waals surface area contributed by atoms with E-state index in [9.17, 15) is 0 Å². The minimum Gasteiger partial charge on any atom is -0.497 e. The topological polar surface area (TPSA) is 61.0 Å².